The summed E-state index contributed by atoms with van der Waals surface area (Å²) in [6, 6.07) is 4.80. The van der Waals surface area contributed by atoms with Crippen LogP contribution in [0.3, 0.4) is 0 Å². The minimum Gasteiger partial charge on any atom is -0.495 e. The summed E-state index contributed by atoms with van der Waals surface area (Å²) < 4.78 is 33.2. The molecule has 1 saturated carbocycles. The van der Waals surface area contributed by atoms with Crippen molar-refractivity contribution in [2.24, 2.45) is 0 Å². The molecule has 1 aromatic carbocycles. The lowest BCUT2D eigenvalue weighted by molar-refractivity contribution is 0.0937. The number of carbonyl (C=O) groups is 1. The average molecular weight is 381 g/mol. The van der Waals surface area contributed by atoms with Gasteiger partial charge in [-0.15, -0.1) is 0 Å². The normalized spacial score (nSPS) is 22.3. The molecule has 1 amide bonds. The highest BCUT2D eigenvalue weighted by Crippen LogP contribution is 2.31. The molecule has 2 aliphatic rings. The highest BCUT2D eigenvalue weighted by molar-refractivity contribution is 7.89. The van der Waals surface area contributed by atoms with Gasteiger partial charge in [0.05, 0.1) is 7.11 Å². The molecule has 1 aromatic rings. The minimum atomic E-state index is -3.71. The Kier molecular flexibility index (Phi) is 5.87. The Morgan fingerprint density at radius 2 is 1.85 bits per heavy atom. The second-order valence-electron chi connectivity index (χ2n) is 7.28. The molecule has 26 heavy (non-hydrogen) atoms. The summed E-state index contributed by atoms with van der Waals surface area (Å²) in [7, 11) is -2.26. The summed E-state index contributed by atoms with van der Waals surface area (Å²) in [5, 5.41) is 3.01. The zero-order chi connectivity index (χ0) is 18.7. The lowest BCUT2D eigenvalue weighted by Gasteiger charge is -2.32. The maximum absolute atomic E-state index is 13.2. The van der Waals surface area contributed by atoms with Crippen LogP contribution in [0.4, 0.5) is 0 Å². The lowest BCUT2D eigenvalue weighted by Crippen LogP contribution is -2.42. The summed E-state index contributed by atoms with van der Waals surface area (Å²) >= 11 is 0. The number of piperidine rings is 1. The number of rotatable bonds is 5. The van der Waals surface area contributed by atoms with Crippen LogP contribution in [0.15, 0.2) is 23.1 Å². The predicted molar refractivity (Wildman–Crippen MR) is 99.9 cm³/mol. The number of methoxy groups -OCH3 is 1. The van der Waals surface area contributed by atoms with E-state index < -0.39 is 10.0 Å². The Morgan fingerprint density at radius 1 is 1.15 bits per heavy atom. The van der Waals surface area contributed by atoms with Crippen molar-refractivity contribution in [3.05, 3.63) is 23.8 Å². The Hall–Kier alpha value is -1.60. The first kappa shape index (κ1) is 19.2. The van der Waals surface area contributed by atoms with Crippen molar-refractivity contribution < 1.29 is 17.9 Å². The second kappa shape index (κ2) is 7.96. The molecule has 1 heterocycles. The number of amides is 1. The molecule has 0 bridgehead atoms. The van der Waals surface area contributed by atoms with Gasteiger partial charge in [-0.2, -0.15) is 4.31 Å². The van der Waals surface area contributed by atoms with E-state index in [2.05, 4.69) is 5.32 Å². The first-order chi connectivity index (χ1) is 12.4. The van der Waals surface area contributed by atoms with E-state index in [0.29, 0.717) is 12.1 Å². The van der Waals surface area contributed by atoms with E-state index in [1.807, 2.05) is 6.92 Å². The number of nitrogens with one attached hydrogen (secondary N) is 1. The van der Waals surface area contributed by atoms with E-state index in [4.69, 9.17) is 4.74 Å². The van der Waals surface area contributed by atoms with Gasteiger partial charge >= 0.3 is 0 Å². The van der Waals surface area contributed by atoms with Gasteiger partial charge in [0.1, 0.15) is 10.6 Å². The molecule has 1 unspecified atom stereocenters. The first-order valence-electron chi connectivity index (χ1n) is 9.44. The van der Waals surface area contributed by atoms with E-state index in [9.17, 15) is 13.2 Å². The van der Waals surface area contributed by atoms with Gasteiger partial charge in [-0.1, -0.05) is 19.3 Å². The summed E-state index contributed by atoms with van der Waals surface area (Å²) in [5.41, 5.74) is 0.362. The molecule has 1 aliphatic heterocycles. The third-order valence-electron chi connectivity index (χ3n) is 5.44. The summed E-state index contributed by atoms with van der Waals surface area (Å²) in [6.45, 7) is 2.44. The maximum Gasteiger partial charge on any atom is 0.251 e. The van der Waals surface area contributed by atoms with Gasteiger partial charge in [-0.05, 0) is 50.8 Å². The van der Waals surface area contributed by atoms with Crippen molar-refractivity contribution in [3.63, 3.8) is 0 Å². The number of carbonyl (C=O) groups excluding carboxylic acids is 1. The molecule has 0 aromatic heterocycles. The quantitative estimate of drug-likeness (QED) is 0.852. The maximum atomic E-state index is 13.2. The molecule has 2 fully saturated rings. The SMILES string of the molecule is COc1ccc(C(=O)NC2CCCC2)cc1S(=O)(=O)N1CCCCC1C. The number of ether oxygens (including phenoxy) is 1. The highest BCUT2D eigenvalue weighted by Gasteiger charge is 2.33. The molecule has 7 heteroatoms. The van der Waals surface area contributed by atoms with Crippen LogP contribution in [-0.2, 0) is 10.0 Å². The van der Waals surface area contributed by atoms with Crippen LogP contribution in [-0.4, -0.2) is 44.4 Å². The highest BCUT2D eigenvalue weighted by atomic mass is 32.2. The third kappa shape index (κ3) is 3.88. The molecule has 0 radical (unpaired) electrons. The largest absolute Gasteiger partial charge is 0.495 e. The van der Waals surface area contributed by atoms with E-state index >= 15 is 0 Å². The summed E-state index contributed by atoms with van der Waals surface area (Å²) in [4.78, 5) is 12.6. The number of nitrogens with zero attached hydrogens (tertiary/aromatic N) is 1. The van der Waals surface area contributed by atoms with Gasteiger partial charge < -0.3 is 10.1 Å². The van der Waals surface area contributed by atoms with Crippen molar-refractivity contribution in [1.29, 1.82) is 0 Å². The van der Waals surface area contributed by atoms with Crippen molar-refractivity contribution >= 4 is 15.9 Å². The average Bonchev–Trinajstić information content (AvgIpc) is 3.14. The number of benzene rings is 1. The van der Waals surface area contributed by atoms with Crippen LogP contribution in [0.1, 0.15) is 62.2 Å². The van der Waals surface area contributed by atoms with Crippen molar-refractivity contribution in [3.8, 4) is 5.75 Å². The van der Waals surface area contributed by atoms with Gasteiger partial charge in [-0.3, -0.25) is 4.79 Å². The molecule has 1 saturated heterocycles. The Balaban J connectivity index is 1.90. The van der Waals surface area contributed by atoms with Crippen LogP contribution in [0.2, 0.25) is 0 Å². The van der Waals surface area contributed by atoms with E-state index in [-0.39, 0.29) is 28.6 Å². The smallest absolute Gasteiger partial charge is 0.251 e. The van der Waals surface area contributed by atoms with Crippen molar-refractivity contribution in [1.82, 2.24) is 9.62 Å². The van der Waals surface area contributed by atoms with Gasteiger partial charge in [0.15, 0.2) is 0 Å². The van der Waals surface area contributed by atoms with Crippen molar-refractivity contribution in [2.45, 2.75) is 68.8 Å². The summed E-state index contributed by atoms with van der Waals surface area (Å²) in [6.07, 6.45) is 6.96. The monoisotopic (exact) mass is 380 g/mol. The fourth-order valence-corrected chi connectivity index (χ4v) is 5.80. The molecule has 6 nitrogen and oxygen atoms in total. The molecule has 0 spiro atoms. The molecule has 144 valence electrons. The molecule has 1 aliphatic carbocycles. The van der Waals surface area contributed by atoms with E-state index in [1.54, 1.807) is 12.1 Å². The third-order valence-corrected chi connectivity index (χ3v) is 7.48. The molecule has 1 N–H and O–H groups in total. The van der Waals surface area contributed by atoms with Crippen LogP contribution < -0.4 is 10.1 Å². The number of sulfonamides is 1. The fraction of sp³-hybridized carbons (Fsp3) is 0.632. The van der Waals surface area contributed by atoms with E-state index in [1.165, 1.54) is 17.5 Å². The first-order valence-corrected chi connectivity index (χ1v) is 10.9. The molecule has 1 atom stereocenters. The zero-order valence-electron chi connectivity index (χ0n) is 15.5. The van der Waals surface area contributed by atoms with Crippen LogP contribution >= 0.6 is 0 Å². The van der Waals surface area contributed by atoms with Crippen LogP contribution in [0.5, 0.6) is 5.75 Å². The number of hydrogen-bond donors (Lipinski definition) is 1. The summed E-state index contributed by atoms with van der Waals surface area (Å²) in [5.74, 6) is 0.0582. The van der Waals surface area contributed by atoms with Crippen LogP contribution in [0, 0.1) is 0 Å². The number of hydrogen-bond acceptors (Lipinski definition) is 4. The van der Waals surface area contributed by atoms with E-state index in [0.717, 1.165) is 44.9 Å². The topological polar surface area (TPSA) is 75.7 Å². The lowest BCUT2D eigenvalue weighted by atomic mass is 10.1. The van der Waals surface area contributed by atoms with Crippen molar-refractivity contribution in [2.75, 3.05) is 13.7 Å². The zero-order valence-corrected chi connectivity index (χ0v) is 16.3. The Morgan fingerprint density at radius 3 is 2.50 bits per heavy atom. The molecular weight excluding hydrogens is 352 g/mol. The van der Waals surface area contributed by atoms with Gasteiger partial charge in [0.2, 0.25) is 10.0 Å². The Bertz CT molecular complexity index is 757. The Labute approximate surface area is 156 Å². The fourth-order valence-electron chi connectivity index (χ4n) is 3.91. The molecular formula is C19H28N2O4S. The second-order valence-corrected chi connectivity index (χ2v) is 9.14. The van der Waals surface area contributed by atoms with Gasteiger partial charge in [-0.25, -0.2) is 8.42 Å². The predicted octanol–water partition coefficient (Wildman–Crippen LogP) is 2.93. The van der Waals surface area contributed by atoms with Gasteiger partial charge in [0, 0.05) is 24.2 Å². The standard InChI is InChI=1S/C19H28N2O4S/c1-14-7-5-6-12-21(14)26(23,24)18-13-15(10-11-17(18)25-2)19(22)20-16-8-3-4-9-16/h10-11,13-14,16H,3-9,12H2,1-2H3,(H,20,22). The molecule has 3 rings (SSSR count). The van der Waals surface area contributed by atoms with Crippen LogP contribution in [0.25, 0.3) is 0 Å². The van der Waals surface area contributed by atoms with Gasteiger partial charge in [0.25, 0.3) is 5.91 Å². The minimum absolute atomic E-state index is 0.0468.